The van der Waals surface area contributed by atoms with Gasteiger partial charge in [-0.05, 0) is 18.6 Å². The summed E-state index contributed by atoms with van der Waals surface area (Å²) in [7, 11) is 0. The second-order valence-corrected chi connectivity index (χ2v) is 6.59. The van der Waals surface area contributed by atoms with Crippen LogP contribution >= 0.6 is 11.8 Å². The normalized spacial score (nSPS) is 40.3. The van der Waals surface area contributed by atoms with Crippen LogP contribution in [0.3, 0.4) is 0 Å². The van der Waals surface area contributed by atoms with E-state index >= 15 is 0 Å². The quantitative estimate of drug-likeness (QED) is 0.490. The van der Waals surface area contributed by atoms with E-state index in [1.807, 2.05) is 0 Å². The summed E-state index contributed by atoms with van der Waals surface area (Å²) >= 11 is 1.19. The van der Waals surface area contributed by atoms with Crippen molar-refractivity contribution in [3.8, 4) is 0 Å². The third-order valence-electron chi connectivity index (χ3n) is 3.70. The molecule has 10 heteroatoms. The molecule has 0 saturated carbocycles. The van der Waals surface area contributed by atoms with Gasteiger partial charge in [0.1, 0.15) is 29.9 Å². The molecule has 2 aliphatic rings. The highest BCUT2D eigenvalue weighted by Crippen LogP contribution is 2.32. The second kappa shape index (κ2) is 7.39. The number of alkyl halides is 3. The highest BCUT2D eigenvalue weighted by Gasteiger charge is 2.48. The first kappa shape index (κ1) is 18.5. The number of aliphatic hydroxyl groups excluding tert-OH is 3. The fourth-order valence-corrected chi connectivity index (χ4v) is 3.55. The van der Waals surface area contributed by atoms with E-state index in [1.165, 1.54) is 11.8 Å². The van der Waals surface area contributed by atoms with Crippen LogP contribution in [0.4, 0.5) is 13.2 Å². The van der Waals surface area contributed by atoms with Crippen LogP contribution < -0.4 is 5.32 Å². The highest BCUT2D eigenvalue weighted by molar-refractivity contribution is 7.99. The smallest absolute Gasteiger partial charge is 0.388 e. The zero-order chi connectivity index (χ0) is 17.2. The van der Waals surface area contributed by atoms with E-state index in [9.17, 15) is 33.3 Å². The Morgan fingerprint density at radius 3 is 2.52 bits per heavy atom. The van der Waals surface area contributed by atoms with Gasteiger partial charge in [-0.25, -0.2) is 0 Å². The minimum Gasteiger partial charge on any atom is -0.388 e. The molecule has 6 atom stereocenters. The van der Waals surface area contributed by atoms with Crippen molar-refractivity contribution in [3.05, 3.63) is 12.2 Å². The first-order chi connectivity index (χ1) is 10.7. The van der Waals surface area contributed by atoms with Crippen molar-refractivity contribution >= 4 is 17.7 Å². The van der Waals surface area contributed by atoms with E-state index in [0.29, 0.717) is 12.2 Å². The van der Waals surface area contributed by atoms with Crippen LogP contribution in [-0.2, 0) is 9.53 Å². The second-order valence-electron chi connectivity index (χ2n) is 5.39. The molecule has 1 amide bonds. The van der Waals surface area contributed by atoms with Gasteiger partial charge in [-0.2, -0.15) is 13.2 Å². The molecule has 2 rings (SSSR count). The van der Waals surface area contributed by atoms with Crippen LogP contribution in [0.5, 0.6) is 0 Å². The summed E-state index contributed by atoms with van der Waals surface area (Å²) in [5.41, 5.74) is -0.893. The molecule has 0 unspecified atom stereocenters. The molecule has 6 nitrogen and oxygen atoms in total. The SMILES string of the molecule is O=C(N[C@@H]1C/C=C\CCS[C@H]2O[C@H]1[C@H](O)[C@H](O)[C@H]2O)C(F)(F)F. The Kier molecular flexibility index (Phi) is 5.95. The molecule has 132 valence electrons. The molecule has 2 bridgehead atoms. The third kappa shape index (κ3) is 4.38. The Hall–Kier alpha value is -0.810. The predicted octanol–water partition coefficient (Wildman–Crippen LogP) is -0.0757. The Morgan fingerprint density at radius 2 is 1.87 bits per heavy atom. The van der Waals surface area contributed by atoms with Crippen LogP contribution in [0.2, 0.25) is 0 Å². The van der Waals surface area contributed by atoms with Gasteiger partial charge in [0.15, 0.2) is 0 Å². The minimum absolute atomic E-state index is 0.00372. The maximum absolute atomic E-state index is 12.5. The summed E-state index contributed by atoms with van der Waals surface area (Å²) in [6.07, 6.45) is -6.94. The average Bonchev–Trinajstić information content (AvgIpc) is 2.48. The standard InChI is InChI=1S/C13H18F3NO5S/c14-13(15,16)12(21)17-6-4-2-1-3-5-23-11-9(20)7(18)8(19)10(6)22-11/h1-2,6-11,18-20H,3-5H2,(H,17,21)/b2-1-/t6-,7+,8-,9-,10-,11-/m1/s1. The lowest BCUT2D eigenvalue weighted by Crippen LogP contribution is -2.63. The largest absolute Gasteiger partial charge is 0.471 e. The van der Waals surface area contributed by atoms with Gasteiger partial charge in [0.2, 0.25) is 0 Å². The van der Waals surface area contributed by atoms with Crippen molar-refractivity contribution in [3.63, 3.8) is 0 Å². The summed E-state index contributed by atoms with van der Waals surface area (Å²) in [6.45, 7) is 0. The highest BCUT2D eigenvalue weighted by atomic mass is 32.2. The molecule has 0 aliphatic carbocycles. The van der Waals surface area contributed by atoms with Crippen LogP contribution in [0.1, 0.15) is 12.8 Å². The summed E-state index contributed by atoms with van der Waals surface area (Å²) in [4.78, 5) is 11.2. The van der Waals surface area contributed by atoms with E-state index in [1.54, 1.807) is 17.5 Å². The van der Waals surface area contributed by atoms with Gasteiger partial charge >= 0.3 is 12.1 Å². The summed E-state index contributed by atoms with van der Waals surface area (Å²) < 4.78 is 42.9. The average molecular weight is 357 g/mol. The van der Waals surface area contributed by atoms with Gasteiger partial charge in [0.25, 0.3) is 0 Å². The molecule has 4 N–H and O–H groups in total. The minimum atomic E-state index is -5.06. The number of carbonyl (C=O) groups is 1. The molecule has 2 heterocycles. The van der Waals surface area contributed by atoms with E-state index in [2.05, 4.69) is 0 Å². The van der Waals surface area contributed by atoms with E-state index in [4.69, 9.17) is 4.74 Å². The number of hydrogen-bond donors (Lipinski definition) is 4. The number of fused-ring (bicyclic) bond motifs is 2. The fourth-order valence-electron chi connectivity index (χ4n) is 2.48. The van der Waals surface area contributed by atoms with Gasteiger partial charge in [-0.1, -0.05) is 12.2 Å². The lowest BCUT2D eigenvalue weighted by Gasteiger charge is -2.43. The number of amides is 1. The number of hydrogen-bond acceptors (Lipinski definition) is 6. The van der Waals surface area contributed by atoms with Gasteiger partial charge in [-0.3, -0.25) is 4.79 Å². The maximum Gasteiger partial charge on any atom is 0.471 e. The molecule has 23 heavy (non-hydrogen) atoms. The van der Waals surface area contributed by atoms with Gasteiger partial charge in [0, 0.05) is 0 Å². The van der Waals surface area contributed by atoms with Gasteiger partial charge < -0.3 is 25.4 Å². The Morgan fingerprint density at radius 1 is 1.17 bits per heavy atom. The molecular weight excluding hydrogens is 339 g/mol. The number of rotatable bonds is 1. The van der Waals surface area contributed by atoms with Crippen molar-refractivity contribution in [1.29, 1.82) is 0 Å². The lowest BCUT2D eigenvalue weighted by atomic mass is 9.92. The van der Waals surface area contributed by atoms with Crippen LogP contribution in [0.25, 0.3) is 0 Å². The fraction of sp³-hybridized carbons (Fsp3) is 0.769. The number of aliphatic hydroxyl groups is 3. The first-order valence-corrected chi connectivity index (χ1v) is 8.10. The Balaban J connectivity index is 2.23. The number of allylic oxidation sites excluding steroid dienone is 1. The molecule has 1 saturated heterocycles. The number of ether oxygens (including phenoxy) is 1. The van der Waals surface area contributed by atoms with Crippen molar-refractivity contribution in [2.45, 2.75) is 54.9 Å². The molecule has 1 fully saturated rings. The lowest BCUT2D eigenvalue weighted by molar-refractivity contribution is -0.208. The zero-order valence-electron chi connectivity index (χ0n) is 11.9. The van der Waals surface area contributed by atoms with E-state index in [0.717, 1.165) is 0 Å². The summed E-state index contributed by atoms with van der Waals surface area (Å²) in [5, 5.41) is 31.6. The molecule has 0 aromatic carbocycles. The number of halogens is 3. The van der Waals surface area contributed by atoms with Crippen LogP contribution in [0.15, 0.2) is 12.2 Å². The monoisotopic (exact) mass is 357 g/mol. The molecule has 2 aliphatic heterocycles. The van der Waals surface area contributed by atoms with Gasteiger partial charge in [-0.15, -0.1) is 11.8 Å². The maximum atomic E-state index is 12.5. The Bertz CT molecular complexity index is 461. The first-order valence-electron chi connectivity index (χ1n) is 7.05. The molecule has 0 spiro atoms. The molecular formula is C13H18F3NO5S. The molecule has 0 aromatic heterocycles. The summed E-state index contributed by atoms with van der Waals surface area (Å²) in [5.74, 6) is -1.57. The van der Waals surface area contributed by atoms with E-state index < -0.39 is 48.0 Å². The molecule has 0 aromatic rings. The summed E-state index contributed by atoms with van der Waals surface area (Å²) in [6, 6.07) is -1.18. The zero-order valence-corrected chi connectivity index (χ0v) is 12.8. The van der Waals surface area contributed by atoms with Crippen molar-refractivity contribution in [2.75, 3.05) is 5.75 Å². The van der Waals surface area contributed by atoms with Crippen LogP contribution in [0, 0.1) is 0 Å². The molecule has 0 radical (unpaired) electrons. The number of nitrogens with one attached hydrogen (secondary N) is 1. The van der Waals surface area contributed by atoms with Crippen molar-refractivity contribution in [2.24, 2.45) is 0 Å². The number of carbonyl (C=O) groups excluding carboxylic acids is 1. The topological polar surface area (TPSA) is 99.0 Å². The van der Waals surface area contributed by atoms with Crippen LogP contribution in [-0.4, -0.2) is 69.0 Å². The van der Waals surface area contributed by atoms with Crippen molar-refractivity contribution in [1.82, 2.24) is 5.32 Å². The van der Waals surface area contributed by atoms with Gasteiger partial charge in [0.05, 0.1) is 6.04 Å². The van der Waals surface area contributed by atoms with E-state index in [-0.39, 0.29) is 6.42 Å². The predicted molar refractivity (Wildman–Crippen MR) is 75.5 cm³/mol. The number of thioether (sulfide) groups is 1. The third-order valence-corrected chi connectivity index (χ3v) is 4.89. The van der Waals surface area contributed by atoms with Crippen molar-refractivity contribution < 1.29 is 38.0 Å². The Labute approximate surface area is 134 Å².